The van der Waals surface area contributed by atoms with E-state index >= 15 is 0 Å². The molecule has 2 N–H and O–H groups in total. The number of nitrogens with zero attached hydrogens (tertiary/aromatic N) is 2. The van der Waals surface area contributed by atoms with Crippen molar-refractivity contribution in [1.82, 2.24) is 15.1 Å². The third kappa shape index (κ3) is 3.14. The summed E-state index contributed by atoms with van der Waals surface area (Å²) in [5.74, 6) is -0.545. The van der Waals surface area contributed by atoms with Crippen molar-refractivity contribution < 1.29 is 19.1 Å². The smallest absolute Gasteiger partial charge is 0.325 e. The molecule has 0 saturated carbocycles. The monoisotopic (exact) mass is 335 g/mol. The molecule has 2 saturated heterocycles. The number of hydrogen-bond donors (Lipinski definition) is 2. The standard InChI is InChI=1S/C17H22FN3O3/c1-17(2)15(23)21(16(24)19-17)8-7-20-10-13(22)9-14(20)11-3-5-12(18)6-4-11/h3-6,13-14,22H,7-10H2,1-2H3,(H,19,24). The van der Waals surface area contributed by atoms with E-state index in [1.165, 1.54) is 17.0 Å². The van der Waals surface area contributed by atoms with Crippen LogP contribution in [-0.2, 0) is 4.79 Å². The van der Waals surface area contributed by atoms with Crippen molar-refractivity contribution in [3.8, 4) is 0 Å². The van der Waals surface area contributed by atoms with Crippen molar-refractivity contribution in [3.05, 3.63) is 35.6 Å². The molecule has 0 bridgehead atoms. The zero-order valence-electron chi connectivity index (χ0n) is 13.8. The minimum Gasteiger partial charge on any atom is -0.392 e. The zero-order chi connectivity index (χ0) is 17.5. The fourth-order valence-electron chi connectivity index (χ4n) is 3.41. The molecule has 130 valence electrons. The summed E-state index contributed by atoms with van der Waals surface area (Å²) in [5, 5.41) is 12.6. The van der Waals surface area contributed by atoms with Gasteiger partial charge in [0.25, 0.3) is 5.91 Å². The van der Waals surface area contributed by atoms with Gasteiger partial charge in [0, 0.05) is 25.7 Å². The van der Waals surface area contributed by atoms with Crippen LogP contribution in [0.15, 0.2) is 24.3 Å². The summed E-state index contributed by atoms with van der Waals surface area (Å²) in [6, 6.07) is 5.79. The maximum absolute atomic E-state index is 13.1. The predicted octanol–water partition coefficient (Wildman–Crippen LogP) is 1.26. The van der Waals surface area contributed by atoms with Gasteiger partial charge in [-0.05, 0) is 38.0 Å². The normalized spacial score (nSPS) is 26.9. The minimum absolute atomic E-state index is 0.0469. The molecule has 1 aromatic rings. The van der Waals surface area contributed by atoms with Crippen molar-refractivity contribution in [2.45, 2.75) is 38.0 Å². The lowest BCUT2D eigenvalue weighted by Crippen LogP contribution is -2.42. The number of carbonyl (C=O) groups excluding carboxylic acids is 2. The van der Waals surface area contributed by atoms with E-state index < -0.39 is 11.6 Å². The van der Waals surface area contributed by atoms with E-state index in [0.717, 1.165) is 5.56 Å². The third-order valence-corrected chi connectivity index (χ3v) is 4.69. The first-order valence-corrected chi connectivity index (χ1v) is 8.09. The van der Waals surface area contributed by atoms with Crippen LogP contribution in [0.2, 0.25) is 0 Å². The second-order valence-corrected chi connectivity index (χ2v) is 6.96. The molecular weight excluding hydrogens is 313 g/mol. The fourth-order valence-corrected chi connectivity index (χ4v) is 3.41. The van der Waals surface area contributed by atoms with Gasteiger partial charge in [-0.2, -0.15) is 0 Å². The summed E-state index contributed by atoms with van der Waals surface area (Å²) in [7, 11) is 0. The summed E-state index contributed by atoms with van der Waals surface area (Å²) in [4.78, 5) is 27.4. The van der Waals surface area contributed by atoms with Gasteiger partial charge in [-0.3, -0.25) is 14.6 Å². The van der Waals surface area contributed by atoms with Crippen LogP contribution in [0.3, 0.4) is 0 Å². The number of nitrogens with one attached hydrogen (secondary N) is 1. The first kappa shape index (κ1) is 16.9. The van der Waals surface area contributed by atoms with Gasteiger partial charge in [0.05, 0.1) is 6.10 Å². The van der Waals surface area contributed by atoms with Gasteiger partial charge in [-0.1, -0.05) is 12.1 Å². The quantitative estimate of drug-likeness (QED) is 0.813. The van der Waals surface area contributed by atoms with Crippen molar-refractivity contribution >= 4 is 11.9 Å². The van der Waals surface area contributed by atoms with E-state index in [9.17, 15) is 19.1 Å². The predicted molar refractivity (Wildman–Crippen MR) is 85.7 cm³/mol. The van der Waals surface area contributed by atoms with Crippen LogP contribution in [0.4, 0.5) is 9.18 Å². The van der Waals surface area contributed by atoms with E-state index in [1.54, 1.807) is 26.0 Å². The van der Waals surface area contributed by atoms with Crippen molar-refractivity contribution in [2.24, 2.45) is 0 Å². The summed E-state index contributed by atoms with van der Waals surface area (Å²) in [5.41, 5.74) is 0.0447. The Hall–Kier alpha value is -1.99. The molecule has 2 atom stereocenters. The number of halogens is 1. The molecule has 2 fully saturated rings. The van der Waals surface area contributed by atoms with E-state index in [0.29, 0.717) is 19.5 Å². The van der Waals surface area contributed by atoms with Gasteiger partial charge in [-0.25, -0.2) is 9.18 Å². The van der Waals surface area contributed by atoms with Gasteiger partial charge in [0.2, 0.25) is 0 Å². The lowest BCUT2D eigenvalue weighted by molar-refractivity contribution is -0.130. The number of β-amino-alcohol motifs (C(OH)–C–C–N with tert-alkyl or cyclic N) is 1. The van der Waals surface area contributed by atoms with Gasteiger partial charge in [0.1, 0.15) is 11.4 Å². The number of imide groups is 1. The summed E-state index contributed by atoms with van der Waals surface area (Å²) in [6.45, 7) is 4.55. The van der Waals surface area contributed by atoms with Crippen LogP contribution < -0.4 is 5.32 Å². The van der Waals surface area contributed by atoms with Crippen LogP contribution in [-0.4, -0.2) is 58.1 Å². The lowest BCUT2D eigenvalue weighted by Gasteiger charge is -2.26. The molecule has 1 aromatic carbocycles. The summed E-state index contributed by atoms with van der Waals surface area (Å²) >= 11 is 0. The van der Waals surface area contributed by atoms with Crippen LogP contribution in [0, 0.1) is 5.82 Å². The third-order valence-electron chi connectivity index (χ3n) is 4.69. The highest BCUT2D eigenvalue weighted by Crippen LogP contribution is 2.32. The van der Waals surface area contributed by atoms with Crippen LogP contribution >= 0.6 is 0 Å². The molecule has 24 heavy (non-hydrogen) atoms. The number of carbonyl (C=O) groups is 2. The topological polar surface area (TPSA) is 72.9 Å². The van der Waals surface area contributed by atoms with E-state index in [4.69, 9.17) is 0 Å². The Morgan fingerprint density at radius 1 is 1.25 bits per heavy atom. The molecule has 0 aliphatic carbocycles. The Morgan fingerprint density at radius 2 is 1.92 bits per heavy atom. The second kappa shape index (κ2) is 6.14. The molecule has 3 rings (SSSR count). The average molecular weight is 335 g/mol. The van der Waals surface area contributed by atoms with Crippen molar-refractivity contribution in [3.63, 3.8) is 0 Å². The summed E-state index contributed by atoms with van der Waals surface area (Å²) < 4.78 is 13.1. The largest absolute Gasteiger partial charge is 0.392 e. The van der Waals surface area contributed by atoms with Crippen molar-refractivity contribution in [2.75, 3.05) is 19.6 Å². The number of likely N-dealkylation sites (tertiary alicyclic amines) is 1. The maximum Gasteiger partial charge on any atom is 0.325 e. The molecular formula is C17H22FN3O3. The van der Waals surface area contributed by atoms with E-state index in [-0.39, 0.29) is 30.3 Å². The molecule has 2 aliphatic heterocycles. The maximum atomic E-state index is 13.1. The number of benzene rings is 1. The Balaban J connectivity index is 1.68. The number of urea groups is 1. The number of aliphatic hydroxyl groups is 1. The molecule has 2 heterocycles. The molecule has 0 spiro atoms. The first-order valence-electron chi connectivity index (χ1n) is 8.09. The molecule has 3 amide bonds. The second-order valence-electron chi connectivity index (χ2n) is 6.96. The fraction of sp³-hybridized carbons (Fsp3) is 0.529. The summed E-state index contributed by atoms with van der Waals surface area (Å²) in [6.07, 6.45) is 0.0803. The molecule has 6 nitrogen and oxygen atoms in total. The lowest BCUT2D eigenvalue weighted by atomic mass is 10.0. The first-order chi connectivity index (χ1) is 11.3. The molecule has 7 heteroatoms. The Bertz CT molecular complexity index is 647. The number of amides is 3. The van der Waals surface area contributed by atoms with Crippen LogP contribution in [0.5, 0.6) is 0 Å². The average Bonchev–Trinajstić information content (AvgIpc) is 2.96. The van der Waals surface area contributed by atoms with Crippen molar-refractivity contribution in [1.29, 1.82) is 0 Å². The number of aliphatic hydroxyl groups excluding tert-OH is 1. The van der Waals surface area contributed by atoms with E-state index in [2.05, 4.69) is 5.32 Å². The van der Waals surface area contributed by atoms with Gasteiger partial charge in [0.15, 0.2) is 0 Å². The minimum atomic E-state index is -0.877. The number of rotatable bonds is 4. The molecule has 2 aliphatic rings. The zero-order valence-corrected chi connectivity index (χ0v) is 13.8. The van der Waals surface area contributed by atoms with Gasteiger partial charge < -0.3 is 10.4 Å². The molecule has 0 aromatic heterocycles. The van der Waals surface area contributed by atoms with Gasteiger partial charge in [-0.15, -0.1) is 0 Å². The highest BCUT2D eigenvalue weighted by Gasteiger charge is 2.44. The molecule has 2 unspecified atom stereocenters. The van der Waals surface area contributed by atoms with Crippen LogP contribution in [0.1, 0.15) is 31.9 Å². The van der Waals surface area contributed by atoms with E-state index in [1.807, 2.05) is 4.90 Å². The Kier molecular flexibility index (Phi) is 4.31. The van der Waals surface area contributed by atoms with Crippen LogP contribution in [0.25, 0.3) is 0 Å². The molecule has 0 radical (unpaired) electrons. The number of hydrogen-bond acceptors (Lipinski definition) is 4. The highest BCUT2D eigenvalue weighted by molar-refractivity contribution is 6.06. The Morgan fingerprint density at radius 3 is 2.50 bits per heavy atom. The highest BCUT2D eigenvalue weighted by atomic mass is 19.1. The SMILES string of the molecule is CC1(C)NC(=O)N(CCN2CC(O)CC2c2ccc(F)cc2)C1=O. The van der Waals surface area contributed by atoms with Gasteiger partial charge >= 0.3 is 6.03 Å². The Labute approximate surface area is 140 Å².